The van der Waals surface area contributed by atoms with Crippen molar-refractivity contribution in [3.63, 3.8) is 0 Å². The largest absolute Gasteiger partial charge is 0.393 e. The Morgan fingerprint density at radius 2 is 2.13 bits per heavy atom. The standard InChI is InChI=1S/C19H22F2N6O4/c1-10-4-5-11(16(21)15(10)20)12-7-27(26-23-12)17-13(30-3)8-31-18(2,9-28)19(17,29)14-6-22-25-24-14/h4-7,13,17,28-29H,8-9H2,1-3H3,(H,22,24,25). The van der Waals surface area contributed by atoms with Gasteiger partial charge in [0.2, 0.25) is 0 Å². The van der Waals surface area contributed by atoms with E-state index in [4.69, 9.17) is 9.47 Å². The van der Waals surface area contributed by atoms with Gasteiger partial charge in [0.25, 0.3) is 0 Å². The van der Waals surface area contributed by atoms with Crippen molar-refractivity contribution in [3.05, 3.63) is 47.4 Å². The SMILES string of the molecule is COC1COC(C)(CO)C(O)(c2cn[nH]n2)C1n1cc(-c2ccc(C)c(F)c2F)nn1. The van der Waals surface area contributed by atoms with Crippen molar-refractivity contribution in [1.29, 1.82) is 0 Å². The molecule has 0 spiro atoms. The molecule has 0 aliphatic carbocycles. The van der Waals surface area contributed by atoms with Gasteiger partial charge >= 0.3 is 0 Å². The van der Waals surface area contributed by atoms with Crippen LogP contribution in [0.25, 0.3) is 11.3 Å². The zero-order valence-corrected chi connectivity index (χ0v) is 17.1. The average molecular weight is 436 g/mol. The average Bonchev–Trinajstić information content (AvgIpc) is 3.46. The van der Waals surface area contributed by atoms with E-state index in [1.807, 2.05) is 0 Å². The second kappa shape index (κ2) is 7.71. The highest BCUT2D eigenvalue weighted by molar-refractivity contribution is 5.59. The number of halogens is 2. The summed E-state index contributed by atoms with van der Waals surface area (Å²) in [6, 6.07) is 1.85. The summed E-state index contributed by atoms with van der Waals surface area (Å²) in [5, 5.41) is 40.1. The van der Waals surface area contributed by atoms with Crippen LogP contribution in [0.15, 0.2) is 24.5 Å². The Morgan fingerprint density at radius 1 is 1.35 bits per heavy atom. The smallest absolute Gasteiger partial charge is 0.168 e. The summed E-state index contributed by atoms with van der Waals surface area (Å²) in [6.07, 6.45) is 1.93. The van der Waals surface area contributed by atoms with Crippen molar-refractivity contribution in [3.8, 4) is 11.3 Å². The van der Waals surface area contributed by atoms with Crippen molar-refractivity contribution < 1.29 is 28.5 Å². The fourth-order valence-electron chi connectivity index (χ4n) is 3.96. The van der Waals surface area contributed by atoms with Gasteiger partial charge in [-0.2, -0.15) is 15.4 Å². The lowest BCUT2D eigenvalue weighted by atomic mass is 9.72. The van der Waals surface area contributed by atoms with E-state index in [1.165, 1.54) is 50.2 Å². The van der Waals surface area contributed by atoms with Crippen molar-refractivity contribution >= 4 is 0 Å². The summed E-state index contributed by atoms with van der Waals surface area (Å²) in [6.45, 7) is 2.44. The van der Waals surface area contributed by atoms with E-state index >= 15 is 0 Å². The van der Waals surface area contributed by atoms with Crippen molar-refractivity contribution in [1.82, 2.24) is 30.4 Å². The van der Waals surface area contributed by atoms with Crippen molar-refractivity contribution in [2.45, 2.75) is 37.2 Å². The van der Waals surface area contributed by atoms with Gasteiger partial charge in [-0.15, -0.1) is 5.10 Å². The Balaban J connectivity index is 1.86. The maximum Gasteiger partial charge on any atom is 0.168 e. The molecule has 1 aliphatic heterocycles. The van der Waals surface area contributed by atoms with Crippen LogP contribution in [0.1, 0.15) is 24.2 Å². The molecular formula is C19H22F2N6O4. The number of benzene rings is 1. The first-order valence-corrected chi connectivity index (χ1v) is 9.50. The predicted molar refractivity (Wildman–Crippen MR) is 102 cm³/mol. The summed E-state index contributed by atoms with van der Waals surface area (Å²) >= 11 is 0. The van der Waals surface area contributed by atoms with Gasteiger partial charge in [-0.05, 0) is 25.5 Å². The van der Waals surface area contributed by atoms with E-state index in [0.29, 0.717) is 0 Å². The molecule has 3 N–H and O–H groups in total. The van der Waals surface area contributed by atoms with E-state index in [9.17, 15) is 19.0 Å². The first-order valence-electron chi connectivity index (χ1n) is 9.50. The minimum absolute atomic E-state index is 0.0150. The number of aliphatic hydroxyl groups is 2. The number of nitrogens with one attached hydrogen (secondary N) is 1. The molecule has 1 saturated heterocycles. The summed E-state index contributed by atoms with van der Waals surface area (Å²) in [5.74, 6) is -2.02. The highest BCUT2D eigenvalue weighted by atomic mass is 19.2. The first-order chi connectivity index (χ1) is 14.8. The number of nitrogens with zero attached hydrogens (tertiary/aromatic N) is 5. The number of rotatable bonds is 5. The quantitative estimate of drug-likeness (QED) is 0.537. The van der Waals surface area contributed by atoms with Crippen molar-refractivity contribution in [2.75, 3.05) is 20.3 Å². The lowest BCUT2D eigenvalue weighted by Crippen LogP contribution is -2.66. The lowest BCUT2D eigenvalue weighted by Gasteiger charge is -2.52. The van der Waals surface area contributed by atoms with Crippen LogP contribution in [-0.4, -0.2) is 72.6 Å². The number of aromatic amines is 1. The van der Waals surface area contributed by atoms with Gasteiger partial charge in [0.15, 0.2) is 17.2 Å². The topological polar surface area (TPSA) is 131 Å². The zero-order valence-electron chi connectivity index (χ0n) is 17.1. The van der Waals surface area contributed by atoms with Crippen molar-refractivity contribution in [2.24, 2.45) is 0 Å². The molecule has 10 nitrogen and oxygen atoms in total. The van der Waals surface area contributed by atoms with Gasteiger partial charge in [-0.1, -0.05) is 11.3 Å². The number of methoxy groups -OCH3 is 1. The molecule has 1 aliphatic rings. The second-order valence-corrected chi connectivity index (χ2v) is 7.68. The molecule has 31 heavy (non-hydrogen) atoms. The minimum Gasteiger partial charge on any atom is -0.393 e. The number of aryl methyl sites for hydroxylation is 1. The predicted octanol–water partition coefficient (Wildman–Crippen LogP) is 0.875. The van der Waals surface area contributed by atoms with Gasteiger partial charge in [-0.3, -0.25) is 0 Å². The molecule has 4 atom stereocenters. The molecule has 4 unspecified atom stereocenters. The van der Waals surface area contributed by atoms with Gasteiger partial charge in [0.1, 0.15) is 29.1 Å². The minimum atomic E-state index is -1.96. The number of ether oxygens (including phenoxy) is 2. The fourth-order valence-corrected chi connectivity index (χ4v) is 3.96. The molecule has 166 valence electrons. The second-order valence-electron chi connectivity index (χ2n) is 7.68. The molecule has 0 bridgehead atoms. The Morgan fingerprint density at radius 3 is 2.77 bits per heavy atom. The number of hydrogen-bond donors (Lipinski definition) is 3. The van der Waals surface area contributed by atoms with E-state index in [0.717, 1.165) is 0 Å². The number of hydrogen-bond acceptors (Lipinski definition) is 8. The molecule has 2 aromatic heterocycles. The molecule has 0 radical (unpaired) electrons. The van der Waals surface area contributed by atoms with Gasteiger partial charge in [0, 0.05) is 12.7 Å². The number of aliphatic hydroxyl groups excluding tert-OH is 1. The third kappa shape index (κ3) is 3.14. The Labute approximate surface area is 175 Å². The lowest BCUT2D eigenvalue weighted by molar-refractivity contribution is -0.283. The molecule has 0 saturated carbocycles. The molecule has 3 heterocycles. The Kier molecular flexibility index (Phi) is 5.33. The molecule has 1 aromatic carbocycles. The van der Waals surface area contributed by atoms with E-state index in [1.54, 1.807) is 0 Å². The van der Waals surface area contributed by atoms with Crippen LogP contribution in [0.2, 0.25) is 0 Å². The monoisotopic (exact) mass is 436 g/mol. The maximum absolute atomic E-state index is 14.5. The van der Waals surface area contributed by atoms with Crippen LogP contribution in [0.4, 0.5) is 8.78 Å². The fraction of sp³-hybridized carbons (Fsp3) is 0.474. The van der Waals surface area contributed by atoms with E-state index < -0.39 is 41.6 Å². The van der Waals surface area contributed by atoms with Crippen LogP contribution in [0.5, 0.6) is 0 Å². The summed E-state index contributed by atoms with van der Waals surface area (Å²) in [5.41, 5.74) is -3.24. The third-order valence-electron chi connectivity index (χ3n) is 5.91. The molecule has 1 fully saturated rings. The van der Waals surface area contributed by atoms with Crippen LogP contribution in [0.3, 0.4) is 0 Å². The molecule has 3 aromatic rings. The van der Waals surface area contributed by atoms with Crippen LogP contribution in [-0.2, 0) is 15.1 Å². The molecular weight excluding hydrogens is 414 g/mol. The highest BCUT2D eigenvalue weighted by Gasteiger charge is 2.62. The normalized spacial score (nSPS) is 28.7. The molecule has 0 amide bonds. The maximum atomic E-state index is 14.5. The van der Waals surface area contributed by atoms with Crippen LogP contribution >= 0.6 is 0 Å². The Bertz CT molecular complexity index is 1080. The van der Waals surface area contributed by atoms with Crippen LogP contribution in [0, 0.1) is 18.6 Å². The summed E-state index contributed by atoms with van der Waals surface area (Å²) in [7, 11) is 1.43. The van der Waals surface area contributed by atoms with Gasteiger partial charge < -0.3 is 19.7 Å². The van der Waals surface area contributed by atoms with Crippen LogP contribution < -0.4 is 0 Å². The van der Waals surface area contributed by atoms with Gasteiger partial charge in [-0.25, -0.2) is 13.5 Å². The van der Waals surface area contributed by atoms with E-state index in [2.05, 4.69) is 25.7 Å². The van der Waals surface area contributed by atoms with Gasteiger partial charge in [0.05, 0.1) is 25.6 Å². The number of aromatic nitrogens is 6. The molecule has 12 heteroatoms. The third-order valence-corrected chi connectivity index (χ3v) is 5.91. The summed E-state index contributed by atoms with van der Waals surface area (Å²) in [4.78, 5) is 0. The summed E-state index contributed by atoms with van der Waals surface area (Å²) < 4.78 is 41.1. The highest BCUT2D eigenvalue weighted by Crippen LogP contribution is 2.48. The zero-order chi connectivity index (χ0) is 22.4. The molecule has 4 rings (SSSR count). The Hall–Kier alpha value is -2.80. The van der Waals surface area contributed by atoms with E-state index in [-0.39, 0.29) is 29.1 Å². The first kappa shape index (κ1) is 21.4. The number of H-pyrrole nitrogens is 1.